The lowest BCUT2D eigenvalue weighted by Crippen LogP contribution is -2.69. The van der Waals surface area contributed by atoms with E-state index in [4.69, 9.17) is 33.2 Å². The molecule has 10 rings (SSSR count). The van der Waals surface area contributed by atoms with Crippen LogP contribution in [0.4, 0.5) is 0 Å². The number of phenols is 1. The Balaban J connectivity index is 1.33. The molecule has 13 nitrogen and oxygen atoms in total. The Kier molecular flexibility index (Phi) is 8.31. The van der Waals surface area contributed by atoms with Crippen molar-refractivity contribution >= 4 is 17.7 Å². The van der Waals surface area contributed by atoms with Crippen LogP contribution in [-0.2, 0) is 27.9 Å². The molecule has 7 aliphatic heterocycles. The lowest BCUT2D eigenvalue weighted by molar-refractivity contribution is -0.157. The SMILES string of the molecule is COc1cc2c(cc1O)CCN[C@]21CS[C@@H]2c3c(OC)c(C)c4c(c3[C@H](COC1=O)N1C2[C@H]2c3c(cc(C)c(OC)c3OC)C[C@@H]([C@@H]1C#N)N2C)OCO4. The van der Waals surface area contributed by atoms with E-state index in [9.17, 15) is 15.2 Å². The number of ether oxygens (including phenoxy) is 7. The number of nitrogens with zero attached hydrogens (tertiary/aromatic N) is 3. The molecule has 3 aromatic carbocycles. The first-order valence-electron chi connectivity index (χ1n) is 18.2. The number of benzene rings is 3. The largest absolute Gasteiger partial charge is 0.504 e. The number of carbonyl (C=O) groups excluding carboxylic acids is 1. The molecule has 2 fully saturated rings. The maximum Gasteiger partial charge on any atom is 0.331 e. The molecule has 14 heteroatoms. The van der Waals surface area contributed by atoms with Crippen LogP contribution in [0.1, 0.15) is 61.8 Å². The summed E-state index contributed by atoms with van der Waals surface area (Å²) in [5.74, 6) is 3.38. The van der Waals surface area contributed by atoms with Crippen molar-refractivity contribution in [3.8, 4) is 46.3 Å². The minimum Gasteiger partial charge on any atom is -0.504 e. The third kappa shape index (κ3) is 4.58. The fourth-order valence-electron chi connectivity index (χ4n) is 10.4. The number of rotatable bonds is 4. The molecule has 284 valence electrons. The van der Waals surface area contributed by atoms with Crippen molar-refractivity contribution < 1.29 is 43.1 Å². The number of nitrogens with one attached hydrogen (secondary N) is 1. The van der Waals surface area contributed by atoms with Crippen LogP contribution in [0.25, 0.3) is 0 Å². The smallest absolute Gasteiger partial charge is 0.331 e. The fourth-order valence-corrected chi connectivity index (χ4v) is 12.0. The van der Waals surface area contributed by atoms with Crippen molar-refractivity contribution in [3.05, 3.63) is 62.7 Å². The summed E-state index contributed by atoms with van der Waals surface area (Å²) in [6.07, 6.45) is 1.24. The summed E-state index contributed by atoms with van der Waals surface area (Å²) < 4.78 is 42.9. The topological polar surface area (TPSA) is 144 Å². The molecule has 1 spiro atoms. The van der Waals surface area contributed by atoms with Gasteiger partial charge >= 0.3 is 5.97 Å². The Morgan fingerprint density at radius 3 is 2.44 bits per heavy atom. The van der Waals surface area contributed by atoms with Crippen molar-refractivity contribution in [1.82, 2.24) is 15.1 Å². The van der Waals surface area contributed by atoms with Gasteiger partial charge in [-0.3, -0.25) is 15.1 Å². The number of nitriles is 1. The van der Waals surface area contributed by atoms with Crippen molar-refractivity contribution in [1.29, 1.82) is 5.26 Å². The molecule has 2 saturated heterocycles. The number of esters is 1. The Morgan fingerprint density at radius 2 is 1.72 bits per heavy atom. The molecule has 4 bridgehead atoms. The Labute approximate surface area is 318 Å². The van der Waals surface area contributed by atoms with Gasteiger partial charge in [-0.05, 0) is 68.1 Å². The number of hydrogen-bond acceptors (Lipinski definition) is 14. The first-order chi connectivity index (χ1) is 26.1. The van der Waals surface area contributed by atoms with Gasteiger partial charge in [-0.1, -0.05) is 6.07 Å². The van der Waals surface area contributed by atoms with E-state index < -0.39 is 23.6 Å². The van der Waals surface area contributed by atoms with Crippen LogP contribution in [-0.4, -0.2) is 100 Å². The molecule has 7 heterocycles. The van der Waals surface area contributed by atoms with Gasteiger partial charge in [0.25, 0.3) is 0 Å². The van der Waals surface area contributed by atoms with E-state index in [1.807, 2.05) is 13.8 Å². The Hall–Kier alpha value is -4.55. The van der Waals surface area contributed by atoms with Crippen molar-refractivity contribution in [3.63, 3.8) is 0 Å². The molecule has 0 aliphatic carbocycles. The van der Waals surface area contributed by atoms with Crippen molar-refractivity contribution in [2.75, 3.05) is 61.2 Å². The van der Waals surface area contributed by atoms with Crippen LogP contribution in [0.15, 0.2) is 18.2 Å². The second-order valence-electron chi connectivity index (χ2n) is 14.9. The Morgan fingerprint density at radius 1 is 0.963 bits per heavy atom. The van der Waals surface area contributed by atoms with Crippen molar-refractivity contribution in [2.45, 2.75) is 67.7 Å². The monoisotopic (exact) mass is 756 g/mol. The number of likely N-dealkylation sites (N-methyl/N-ethyl adjacent to an activating group) is 1. The molecule has 0 aromatic heterocycles. The van der Waals surface area contributed by atoms with Crippen LogP contribution in [0.2, 0.25) is 0 Å². The number of hydrogen-bond donors (Lipinski definition) is 2. The molecular weight excluding hydrogens is 713 g/mol. The number of fused-ring (bicyclic) bond motifs is 9. The van der Waals surface area contributed by atoms with Gasteiger partial charge in [-0.2, -0.15) is 5.26 Å². The number of phenolic OH excluding ortho intramolecular Hbond substituents is 1. The lowest BCUT2D eigenvalue weighted by Gasteiger charge is -2.62. The summed E-state index contributed by atoms with van der Waals surface area (Å²) in [5.41, 5.74) is 6.01. The maximum atomic E-state index is 14.8. The van der Waals surface area contributed by atoms with Gasteiger partial charge in [0.15, 0.2) is 40.0 Å². The number of aryl methyl sites for hydroxylation is 1. The summed E-state index contributed by atoms with van der Waals surface area (Å²) in [4.78, 5) is 19.4. The highest BCUT2D eigenvalue weighted by molar-refractivity contribution is 7.99. The van der Waals surface area contributed by atoms with Crippen molar-refractivity contribution in [2.24, 2.45) is 0 Å². The van der Waals surface area contributed by atoms with E-state index >= 15 is 0 Å². The first kappa shape index (κ1) is 35.2. The van der Waals surface area contributed by atoms with Gasteiger partial charge in [0.1, 0.15) is 18.4 Å². The highest BCUT2D eigenvalue weighted by Gasteiger charge is 2.61. The quantitative estimate of drug-likeness (QED) is 0.364. The van der Waals surface area contributed by atoms with E-state index in [0.717, 1.165) is 38.9 Å². The summed E-state index contributed by atoms with van der Waals surface area (Å²) in [5, 5.41) is 25.2. The summed E-state index contributed by atoms with van der Waals surface area (Å²) >= 11 is 1.63. The lowest BCUT2D eigenvalue weighted by atomic mass is 9.71. The molecule has 0 amide bonds. The zero-order valence-electron chi connectivity index (χ0n) is 31.4. The molecule has 54 heavy (non-hydrogen) atoms. The van der Waals surface area contributed by atoms with Crippen LogP contribution < -0.4 is 33.7 Å². The standard InChI is InChI=1S/C40H44N4O9S/c1-18-10-21-11-23-24(14-41)44-25-15-51-39(46)40(22-13-27(47-4)26(45)12-20(22)8-9-42-40)16-54-38(30-29(25)37-35(52-17-53-37)19(2)34(30)49-6)32(44)31(43(23)3)28(21)36(50-7)33(18)48-5/h10,12-13,23-25,31-32,38,42,45H,8-9,11,15-17H2,1-7H3/t23-,24-,25-,31+,32?,38+,40+/m0/s1. The highest BCUT2D eigenvalue weighted by atomic mass is 32.2. The molecular formula is C40H44N4O9S. The third-order valence-corrected chi connectivity index (χ3v) is 14.1. The zero-order valence-corrected chi connectivity index (χ0v) is 32.2. The van der Waals surface area contributed by atoms with Gasteiger partial charge in [-0.15, -0.1) is 11.8 Å². The van der Waals surface area contributed by atoms with Crippen LogP contribution in [0, 0.1) is 25.2 Å². The van der Waals surface area contributed by atoms with Gasteiger partial charge < -0.3 is 38.3 Å². The first-order valence-corrected chi connectivity index (χ1v) is 19.3. The van der Waals surface area contributed by atoms with E-state index in [1.165, 1.54) is 7.11 Å². The van der Waals surface area contributed by atoms with Crippen LogP contribution in [0.3, 0.4) is 0 Å². The predicted octanol–water partition coefficient (Wildman–Crippen LogP) is 4.37. The van der Waals surface area contributed by atoms with E-state index in [0.29, 0.717) is 53.7 Å². The average molecular weight is 757 g/mol. The van der Waals surface area contributed by atoms with Gasteiger partial charge in [0, 0.05) is 46.6 Å². The second kappa shape index (κ2) is 12.8. The molecule has 0 radical (unpaired) electrons. The van der Waals surface area contributed by atoms with E-state index in [-0.39, 0.29) is 54.0 Å². The second-order valence-corrected chi connectivity index (χ2v) is 16.0. The van der Waals surface area contributed by atoms with Gasteiger partial charge in [0.05, 0.1) is 51.8 Å². The number of carbonyl (C=O) groups is 1. The Bertz CT molecular complexity index is 2140. The predicted molar refractivity (Wildman–Crippen MR) is 198 cm³/mol. The van der Waals surface area contributed by atoms with Gasteiger partial charge in [-0.25, -0.2) is 4.79 Å². The zero-order chi connectivity index (χ0) is 37.8. The summed E-state index contributed by atoms with van der Waals surface area (Å²) in [6.45, 7) is 4.49. The number of aromatic hydroxyl groups is 1. The molecule has 0 saturated carbocycles. The number of piperazine rings is 1. The summed E-state index contributed by atoms with van der Waals surface area (Å²) in [6, 6.07) is 6.42. The van der Waals surface area contributed by atoms with Crippen LogP contribution in [0.5, 0.6) is 40.2 Å². The minimum atomic E-state index is -1.26. The van der Waals surface area contributed by atoms with E-state index in [2.05, 4.69) is 34.3 Å². The number of methoxy groups -OCH3 is 4. The molecule has 2 N–H and O–H groups in total. The van der Waals surface area contributed by atoms with Crippen LogP contribution >= 0.6 is 11.8 Å². The number of thioether (sulfide) groups is 1. The minimum absolute atomic E-state index is 0.0204. The average Bonchev–Trinajstić information content (AvgIpc) is 3.66. The fraction of sp³-hybridized carbons (Fsp3) is 0.500. The third-order valence-electron chi connectivity index (χ3n) is 12.6. The molecule has 3 aromatic rings. The van der Waals surface area contributed by atoms with Gasteiger partial charge in [0.2, 0.25) is 6.79 Å². The highest BCUT2D eigenvalue weighted by Crippen LogP contribution is 2.64. The normalized spacial score (nSPS) is 29.3. The maximum absolute atomic E-state index is 14.8. The molecule has 7 atom stereocenters. The summed E-state index contributed by atoms with van der Waals surface area (Å²) in [7, 11) is 8.62. The molecule has 7 aliphatic rings. The molecule has 1 unspecified atom stereocenters. The van der Waals surface area contributed by atoms with E-state index in [1.54, 1.807) is 45.2 Å².